The molecule has 2 heteroatoms. The van der Waals surface area contributed by atoms with Crippen LogP contribution in [0.25, 0.3) is 0 Å². The van der Waals surface area contributed by atoms with Crippen molar-refractivity contribution in [2.75, 3.05) is 0 Å². The monoisotopic (exact) mass is 472 g/mol. The van der Waals surface area contributed by atoms with Crippen LogP contribution in [0.3, 0.4) is 0 Å². The topological polar surface area (TPSA) is 24.1 Å². The van der Waals surface area contributed by atoms with Crippen LogP contribution in [0, 0.1) is 0 Å². The van der Waals surface area contributed by atoms with Crippen molar-refractivity contribution < 1.29 is 0 Å². The van der Waals surface area contributed by atoms with Gasteiger partial charge in [0.15, 0.2) is 0 Å². The normalized spacial score (nSPS) is 12.8. The quantitative estimate of drug-likeness (QED) is 0.195. The van der Waals surface area contributed by atoms with Gasteiger partial charge in [-0.25, -0.2) is 0 Å². The molecule has 0 fully saturated rings. The first-order chi connectivity index (χ1) is 17.8. The fourth-order valence-corrected chi connectivity index (χ4v) is 4.84. The van der Waals surface area contributed by atoms with E-state index in [0.29, 0.717) is 0 Å². The lowest BCUT2D eigenvalue weighted by Crippen LogP contribution is -2.50. The van der Waals surface area contributed by atoms with Gasteiger partial charge in [-0.15, -0.1) is 13.2 Å². The van der Waals surface area contributed by atoms with E-state index >= 15 is 0 Å². The number of benzene rings is 4. The first-order valence-electron chi connectivity index (χ1n) is 12.7. The highest BCUT2D eigenvalue weighted by Gasteiger charge is 2.27. The van der Waals surface area contributed by atoms with E-state index in [2.05, 4.69) is 145 Å². The fourth-order valence-electron chi connectivity index (χ4n) is 4.84. The van der Waals surface area contributed by atoms with Gasteiger partial charge in [0.05, 0.1) is 12.1 Å². The van der Waals surface area contributed by atoms with E-state index < -0.39 is 0 Å². The van der Waals surface area contributed by atoms with Crippen molar-refractivity contribution in [2.24, 2.45) is 0 Å². The lowest BCUT2D eigenvalue weighted by molar-refractivity contribution is 0.336. The molecule has 0 aliphatic rings. The van der Waals surface area contributed by atoms with Gasteiger partial charge in [-0.2, -0.15) is 0 Å². The molecule has 36 heavy (non-hydrogen) atoms. The molecule has 0 heterocycles. The summed E-state index contributed by atoms with van der Waals surface area (Å²) < 4.78 is 0. The second-order valence-electron chi connectivity index (χ2n) is 9.10. The Morgan fingerprint density at radius 1 is 0.444 bits per heavy atom. The molecular formula is C34H36N2. The van der Waals surface area contributed by atoms with Crippen LogP contribution in [-0.4, -0.2) is 12.1 Å². The van der Waals surface area contributed by atoms with Gasteiger partial charge in [0.2, 0.25) is 0 Å². The molecule has 182 valence electrons. The predicted octanol–water partition coefficient (Wildman–Crippen LogP) is 7.63. The highest BCUT2D eigenvalue weighted by molar-refractivity contribution is 5.33. The van der Waals surface area contributed by atoms with Crippen LogP contribution in [0.15, 0.2) is 147 Å². The smallest absolute Gasteiger partial charge is 0.0579 e. The van der Waals surface area contributed by atoms with Crippen LogP contribution < -0.4 is 10.6 Å². The van der Waals surface area contributed by atoms with E-state index in [9.17, 15) is 0 Å². The Balaban J connectivity index is 1.68. The van der Waals surface area contributed by atoms with E-state index in [-0.39, 0.29) is 24.2 Å². The fraction of sp³-hybridized carbons (Fsp3) is 0.176. The third kappa shape index (κ3) is 6.69. The molecule has 4 rings (SSSR count). The summed E-state index contributed by atoms with van der Waals surface area (Å²) in [5.41, 5.74) is 4.99. The zero-order valence-corrected chi connectivity index (χ0v) is 20.8. The van der Waals surface area contributed by atoms with Crippen LogP contribution in [0.4, 0.5) is 0 Å². The van der Waals surface area contributed by atoms with Crippen molar-refractivity contribution in [1.29, 1.82) is 0 Å². The molecule has 0 aliphatic heterocycles. The summed E-state index contributed by atoms with van der Waals surface area (Å²) in [7, 11) is 0. The van der Waals surface area contributed by atoms with E-state index in [0.717, 1.165) is 12.8 Å². The summed E-state index contributed by atoms with van der Waals surface area (Å²) in [6.45, 7) is 8.20. The van der Waals surface area contributed by atoms with Crippen LogP contribution in [0.1, 0.15) is 47.2 Å². The van der Waals surface area contributed by atoms with E-state index in [1.165, 1.54) is 22.3 Å². The Hall–Kier alpha value is -3.72. The first kappa shape index (κ1) is 25.4. The average molecular weight is 473 g/mol. The second kappa shape index (κ2) is 13.4. The Labute approximate surface area is 216 Å². The molecule has 4 aromatic carbocycles. The second-order valence-corrected chi connectivity index (χ2v) is 9.10. The van der Waals surface area contributed by atoms with Crippen LogP contribution >= 0.6 is 0 Å². The van der Waals surface area contributed by atoms with Gasteiger partial charge in [-0.3, -0.25) is 0 Å². The molecule has 0 bridgehead atoms. The zero-order valence-electron chi connectivity index (χ0n) is 20.8. The van der Waals surface area contributed by atoms with Crippen molar-refractivity contribution >= 4 is 0 Å². The minimum Gasteiger partial charge on any atom is -0.302 e. The SMILES string of the molecule is C=CCC(NC(c1ccccc1)c1ccccc1)C(CC=C)NC(c1ccccc1)c1ccccc1. The van der Waals surface area contributed by atoms with Crippen molar-refractivity contribution in [3.05, 3.63) is 169 Å². The van der Waals surface area contributed by atoms with Gasteiger partial charge >= 0.3 is 0 Å². The summed E-state index contributed by atoms with van der Waals surface area (Å²) in [5, 5.41) is 8.00. The maximum atomic E-state index is 4.10. The molecule has 0 amide bonds. The molecule has 4 aromatic rings. The summed E-state index contributed by atoms with van der Waals surface area (Å²) in [6, 6.07) is 43.1. The molecule has 0 saturated carbocycles. The molecule has 2 atom stereocenters. The van der Waals surface area contributed by atoms with Crippen molar-refractivity contribution in [2.45, 2.75) is 37.0 Å². The largest absolute Gasteiger partial charge is 0.302 e. The maximum absolute atomic E-state index is 4.10. The zero-order chi connectivity index (χ0) is 25.0. The van der Waals surface area contributed by atoms with Crippen LogP contribution in [0.2, 0.25) is 0 Å². The minimum absolute atomic E-state index is 0.0679. The summed E-state index contributed by atoms with van der Waals surface area (Å²) in [4.78, 5) is 0. The Morgan fingerprint density at radius 3 is 0.917 bits per heavy atom. The van der Waals surface area contributed by atoms with Crippen molar-refractivity contribution in [1.82, 2.24) is 10.6 Å². The Kier molecular flexibility index (Phi) is 9.44. The lowest BCUT2D eigenvalue weighted by atomic mass is 9.92. The third-order valence-corrected chi connectivity index (χ3v) is 6.62. The summed E-state index contributed by atoms with van der Waals surface area (Å²) in [5.74, 6) is 0. The van der Waals surface area contributed by atoms with E-state index in [1.807, 2.05) is 12.2 Å². The van der Waals surface area contributed by atoms with Crippen molar-refractivity contribution in [3.8, 4) is 0 Å². The highest BCUT2D eigenvalue weighted by Crippen LogP contribution is 2.27. The number of hydrogen-bond acceptors (Lipinski definition) is 2. The minimum atomic E-state index is 0.0679. The first-order valence-corrected chi connectivity index (χ1v) is 12.7. The van der Waals surface area contributed by atoms with Gasteiger partial charge in [-0.05, 0) is 35.1 Å². The Morgan fingerprint density at radius 2 is 0.694 bits per heavy atom. The molecule has 2 nitrogen and oxygen atoms in total. The standard InChI is InChI=1S/C34H36N2/c1-3-17-31(35-33(27-19-9-5-10-20-27)28-21-11-6-12-22-28)32(18-4-2)36-34(29-23-13-7-14-24-29)30-25-15-8-16-26-30/h3-16,19-26,31-36H,1-2,17-18H2. The maximum Gasteiger partial charge on any atom is 0.0579 e. The number of rotatable bonds is 13. The Bertz CT molecular complexity index is 997. The molecular weight excluding hydrogens is 436 g/mol. The summed E-state index contributed by atoms with van der Waals surface area (Å²) >= 11 is 0. The molecule has 0 aromatic heterocycles. The third-order valence-electron chi connectivity index (χ3n) is 6.62. The molecule has 0 saturated heterocycles. The van der Waals surface area contributed by atoms with Crippen LogP contribution in [0.5, 0.6) is 0 Å². The van der Waals surface area contributed by atoms with Crippen molar-refractivity contribution in [3.63, 3.8) is 0 Å². The molecule has 2 unspecified atom stereocenters. The van der Waals surface area contributed by atoms with E-state index in [4.69, 9.17) is 0 Å². The number of hydrogen-bond donors (Lipinski definition) is 2. The average Bonchev–Trinajstić information content (AvgIpc) is 2.95. The number of nitrogens with one attached hydrogen (secondary N) is 2. The predicted molar refractivity (Wildman–Crippen MR) is 153 cm³/mol. The molecule has 0 radical (unpaired) electrons. The van der Waals surface area contributed by atoms with Gasteiger partial charge in [-0.1, -0.05) is 133 Å². The van der Waals surface area contributed by atoms with Gasteiger partial charge in [0.1, 0.15) is 0 Å². The highest BCUT2D eigenvalue weighted by atomic mass is 15.1. The van der Waals surface area contributed by atoms with Gasteiger partial charge in [0.25, 0.3) is 0 Å². The van der Waals surface area contributed by atoms with Crippen LogP contribution in [-0.2, 0) is 0 Å². The summed E-state index contributed by atoms with van der Waals surface area (Å²) in [6.07, 6.45) is 5.70. The molecule has 0 aliphatic carbocycles. The molecule has 2 N–H and O–H groups in total. The lowest BCUT2D eigenvalue weighted by Gasteiger charge is -2.35. The van der Waals surface area contributed by atoms with Gasteiger partial charge < -0.3 is 10.6 Å². The van der Waals surface area contributed by atoms with E-state index in [1.54, 1.807) is 0 Å². The van der Waals surface area contributed by atoms with Gasteiger partial charge in [0, 0.05) is 12.1 Å². The molecule has 0 spiro atoms.